The summed E-state index contributed by atoms with van der Waals surface area (Å²) in [6.07, 6.45) is 2.67. The van der Waals surface area contributed by atoms with Crippen molar-refractivity contribution in [2.45, 2.75) is 115 Å². The fraction of sp³-hybridized carbons (Fsp3) is 0.864. The Morgan fingerprint density at radius 1 is 0.578 bits per heavy atom. The van der Waals surface area contributed by atoms with Gasteiger partial charge in [-0.05, 0) is 91.9 Å². The maximum atomic E-state index is 13.4. The molecule has 1 saturated carbocycles. The zero-order chi connectivity index (χ0) is 46.5. The van der Waals surface area contributed by atoms with E-state index in [0.29, 0.717) is 115 Å². The monoisotopic (exact) mass is 1010 g/mol. The Kier molecular flexibility index (Phi) is 30.7. The Morgan fingerprint density at radius 2 is 0.922 bits per heavy atom. The average molecular weight is 1020 g/mol. The Balaban J connectivity index is 1.64. The molecule has 0 spiro atoms. The molecule has 2 saturated heterocycles. The van der Waals surface area contributed by atoms with Crippen molar-refractivity contribution in [1.29, 1.82) is 0 Å². The van der Waals surface area contributed by atoms with E-state index in [4.69, 9.17) is 45.5 Å². The first-order valence-corrected chi connectivity index (χ1v) is 31.9. The lowest BCUT2D eigenvalue weighted by atomic mass is 9.77. The molecule has 64 heavy (non-hydrogen) atoms. The summed E-state index contributed by atoms with van der Waals surface area (Å²) in [7, 11) is -5.65. The molecular weight excluding hydrogens is 933 g/mol. The highest BCUT2D eigenvalue weighted by Gasteiger charge is 2.41. The summed E-state index contributed by atoms with van der Waals surface area (Å²) in [6.45, 7) is 25.6. The summed E-state index contributed by atoms with van der Waals surface area (Å²) in [5.41, 5.74) is 2.50. The van der Waals surface area contributed by atoms with Crippen molar-refractivity contribution in [3.05, 3.63) is 24.3 Å². The van der Waals surface area contributed by atoms with Crippen LogP contribution in [0.15, 0.2) is 24.3 Å². The molecule has 14 nitrogen and oxygen atoms in total. The molecule has 4 atom stereocenters. The third kappa shape index (κ3) is 22.8. The topological polar surface area (TPSA) is 150 Å². The number of hydrogen-bond acceptors (Lipinski definition) is 16. The van der Waals surface area contributed by atoms with Crippen LogP contribution in [0.25, 0.3) is 0 Å². The highest BCUT2D eigenvalue weighted by atomic mass is 32.2. The van der Waals surface area contributed by atoms with Crippen LogP contribution in [0, 0.1) is 11.8 Å². The van der Waals surface area contributed by atoms with E-state index in [1.807, 2.05) is 88.6 Å². The molecule has 4 unspecified atom stereocenters. The van der Waals surface area contributed by atoms with Gasteiger partial charge in [0, 0.05) is 110 Å². The third-order valence-corrected chi connectivity index (χ3v) is 22.8. The van der Waals surface area contributed by atoms with Gasteiger partial charge in [0.15, 0.2) is 0 Å². The molecule has 2 heterocycles. The van der Waals surface area contributed by atoms with Crippen molar-refractivity contribution in [3.63, 3.8) is 0 Å². The number of alkyl carbamates (subject to hydrolysis) is 2. The average Bonchev–Trinajstić information content (AvgIpc) is 3.62. The number of thioether (sulfide) groups is 4. The summed E-state index contributed by atoms with van der Waals surface area (Å²) in [5.74, 6) is 5.99. The van der Waals surface area contributed by atoms with E-state index in [-0.39, 0.29) is 11.8 Å². The van der Waals surface area contributed by atoms with Crippen LogP contribution in [0.1, 0.15) is 80.1 Å². The Morgan fingerprint density at radius 3 is 1.25 bits per heavy atom. The van der Waals surface area contributed by atoms with E-state index in [9.17, 15) is 9.59 Å². The van der Waals surface area contributed by atoms with Crippen LogP contribution in [-0.4, -0.2) is 166 Å². The van der Waals surface area contributed by atoms with Gasteiger partial charge >= 0.3 is 29.8 Å². The Bertz CT molecular complexity index is 1200. The van der Waals surface area contributed by atoms with E-state index < -0.39 is 42.0 Å². The fourth-order valence-electron chi connectivity index (χ4n) is 7.92. The zero-order valence-corrected chi connectivity index (χ0v) is 45.1. The number of rotatable bonds is 32. The minimum Gasteiger partial charge on any atom is -0.443 e. The van der Waals surface area contributed by atoms with Gasteiger partial charge in [0.1, 0.15) is 12.2 Å². The Labute approximate surface area is 405 Å². The van der Waals surface area contributed by atoms with Crippen LogP contribution in [-0.2, 0) is 45.5 Å². The van der Waals surface area contributed by atoms with Gasteiger partial charge in [-0.15, -0.1) is 0 Å². The van der Waals surface area contributed by atoms with Gasteiger partial charge < -0.3 is 56.1 Å². The second kappa shape index (κ2) is 33.9. The second-order valence-electron chi connectivity index (χ2n) is 16.1. The van der Waals surface area contributed by atoms with Gasteiger partial charge in [0.2, 0.25) is 0 Å². The number of carbonyl (C=O) groups is 2. The van der Waals surface area contributed by atoms with Crippen LogP contribution in [0.3, 0.4) is 0 Å². The van der Waals surface area contributed by atoms with E-state index in [0.717, 1.165) is 60.2 Å². The van der Waals surface area contributed by atoms with Gasteiger partial charge in [-0.2, -0.15) is 47.0 Å². The van der Waals surface area contributed by atoms with Crippen molar-refractivity contribution in [1.82, 2.24) is 10.6 Å². The van der Waals surface area contributed by atoms with Gasteiger partial charge in [-0.25, -0.2) is 9.59 Å². The summed E-state index contributed by atoms with van der Waals surface area (Å²) in [4.78, 5) is 26.8. The lowest BCUT2D eigenvalue weighted by Gasteiger charge is -2.36. The lowest BCUT2D eigenvalue weighted by molar-refractivity contribution is -0.0433. The highest BCUT2D eigenvalue weighted by molar-refractivity contribution is 8.04. The molecule has 1 aliphatic carbocycles. The molecular formula is C44H82N2O12S4Si2. The van der Waals surface area contributed by atoms with Crippen LogP contribution >= 0.6 is 47.0 Å². The number of nitrogens with one attached hydrogen (secondary N) is 2. The number of carbonyl (C=O) groups excluding carboxylic acids is 2. The predicted molar refractivity (Wildman–Crippen MR) is 269 cm³/mol. The van der Waals surface area contributed by atoms with Gasteiger partial charge in [-0.3, -0.25) is 0 Å². The maximum Gasteiger partial charge on any atom is 0.500 e. The van der Waals surface area contributed by atoms with Crippen LogP contribution in [0.2, 0.25) is 12.1 Å². The standard InChI is InChI=1S/C44H82N2O12S4Si2/c1-9-51-63(52-10-2,53-11-3)23-15-21-45-43(47)57-41(27-49-25-39-33-59-29-35(7)31-61-39)37-17-19-38(20-18-37)42(28-50-26-40-34-60-30-36(8)32-62-40)58-44(48)46-22-16-24-64(54-12-4,55-13-5)56-14-6/h37-42H,7-34H2,1-6H3,(H,45,47)(H,46,48). The molecule has 0 bridgehead atoms. The van der Waals surface area contributed by atoms with Crippen molar-refractivity contribution in [2.24, 2.45) is 11.8 Å². The predicted octanol–water partition coefficient (Wildman–Crippen LogP) is 8.70. The van der Waals surface area contributed by atoms with Crippen molar-refractivity contribution in [3.8, 4) is 0 Å². The van der Waals surface area contributed by atoms with Gasteiger partial charge in [0.05, 0.1) is 26.4 Å². The molecule has 2 aliphatic heterocycles. The summed E-state index contributed by atoms with van der Waals surface area (Å²) in [5, 5.41) is 6.64. The molecule has 2 amide bonds. The quantitative estimate of drug-likeness (QED) is 0.0375. The Hall–Kier alpha value is -0.466. The first kappa shape index (κ1) is 57.9. The SMILES string of the molecule is C=C1CSCC(COCC(OC(=O)NCCC[Si](OCC)(OCC)OCC)C2CCC(C(COCC3CSCC(=C)CS3)OC(=O)NCCC[Si](OCC)(OCC)OCC)CC2)SC1. The molecule has 3 aliphatic rings. The van der Waals surface area contributed by atoms with E-state index in [1.54, 1.807) is 0 Å². The molecule has 20 heteroatoms. The number of ether oxygens (including phenoxy) is 4. The molecule has 0 aromatic heterocycles. The third-order valence-electron chi connectivity index (χ3n) is 10.9. The van der Waals surface area contributed by atoms with Gasteiger partial charge in [-0.1, -0.05) is 24.3 Å². The lowest BCUT2D eigenvalue weighted by Crippen LogP contribution is -2.46. The smallest absolute Gasteiger partial charge is 0.443 e. The highest BCUT2D eigenvalue weighted by Crippen LogP contribution is 2.36. The largest absolute Gasteiger partial charge is 0.500 e. The normalized spacial score (nSPS) is 22.3. The van der Waals surface area contributed by atoms with Crippen molar-refractivity contribution < 1.29 is 55.1 Å². The molecule has 0 aromatic rings. The van der Waals surface area contributed by atoms with E-state index in [1.165, 1.54) is 11.1 Å². The van der Waals surface area contributed by atoms with E-state index >= 15 is 0 Å². The summed E-state index contributed by atoms with van der Waals surface area (Å²) in [6, 6.07) is 1.19. The first-order chi connectivity index (χ1) is 31.0. The van der Waals surface area contributed by atoms with Crippen molar-refractivity contribution in [2.75, 3.05) is 114 Å². The zero-order valence-electron chi connectivity index (χ0n) is 39.8. The maximum absolute atomic E-state index is 13.4. The van der Waals surface area contributed by atoms with Gasteiger partial charge in [0.25, 0.3) is 0 Å². The second-order valence-corrected chi connectivity index (χ2v) is 26.2. The molecule has 0 radical (unpaired) electrons. The molecule has 372 valence electrons. The summed E-state index contributed by atoms with van der Waals surface area (Å²) < 4.78 is 61.1. The molecule has 3 rings (SSSR count). The first-order valence-electron chi connectivity index (χ1n) is 23.6. The molecule has 0 aromatic carbocycles. The van der Waals surface area contributed by atoms with Crippen LogP contribution < -0.4 is 10.6 Å². The van der Waals surface area contributed by atoms with Crippen LogP contribution in [0.5, 0.6) is 0 Å². The number of amides is 2. The minimum absolute atomic E-state index is 0.0835. The van der Waals surface area contributed by atoms with Crippen molar-refractivity contribution >= 4 is 76.8 Å². The van der Waals surface area contributed by atoms with E-state index in [2.05, 4.69) is 23.8 Å². The number of hydrogen-bond donors (Lipinski definition) is 2. The molecule has 2 N–H and O–H groups in total. The summed E-state index contributed by atoms with van der Waals surface area (Å²) >= 11 is 7.56. The molecule has 3 fully saturated rings. The minimum atomic E-state index is -2.82. The fourth-order valence-corrected chi connectivity index (χ4v) is 18.0. The van der Waals surface area contributed by atoms with Crippen LogP contribution in [0.4, 0.5) is 9.59 Å².